The van der Waals surface area contributed by atoms with Gasteiger partial charge in [0.05, 0.1) is 0 Å². The molecular formula is C18H21N3. The van der Waals surface area contributed by atoms with Crippen LogP contribution in [0.25, 0.3) is 5.70 Å². The number of nitrogens with zero attached hydrogens (tertiary/aromatic N) is 2. The summed E-state index contributed by atoms with van der Waals surface area (Å²) in [7, 11) is 1.82. The predicted octanol–water partition coefficient (Wildman–Crippen LogP) is 3.11. The van der Waals surface area contributed by atoms with Gasteiger partial charge in [0, 0.05) is 37.3 Å². The minimum atomic E-state index is 0.223. The van der Waals surface area contributed by atoms with Crippen molar-refractivity contribution in [3.63, 3.8) is 0 Å². The van der Waals surface area contributed by atoms with Gasteiger partial charge in [-0.2, -0.15) is 0 Å². The topological polar surface area (TPSA) is 27.6 Å². The van der Waals surface area contributed by atoms with Crippen molar-refractivity contribution >= 4 is 11.9 Å². The summed E-state index contributed by atoms with van der Waals surface area (Å²) in [6, 6.07) is 8.65. The van der Waals surface area contributed by atoms with Crippen LogP contribution in [0.2, 0.25) is 0 Å². The number of rotatable bonds is 2. The molecular weight excluding hydrogens is 258 g/mol. The quantitative estimate of drug-likeness (QED) is 0.842. The number of hydrogen-bond donors (Lipinski definition) is 1. The molecule has 3 rings (SSSR count). The number of aliphatic imine (C=N–C) groups is 1. The summed E-state index contributed by atoms with van der Waals surface area (Å²) in [4.78, 5) is 6.51. The first-order valence-electron chi connectivity index (χ1n) is 7.28. The van der Waals surface area contributed by atoms with E-state index < -0.39 is 0 Å². The molecule has 0 spiro atoms. The third-order valence-electron chi connectivity index (χ3n) is 3.90. The molecule has 2 aliphatic rings. The Morgan fingerprint density at radius 1 is 1.24 bits per heavy atom. The van der Waals surface area contributed by atoms with Gasteiger partial charge in [-0.05, 0) is 37.1 Å². The molecule has 0 bridgehead atoms. The van der Waals surface area contributed by atoms with E-state index in [0.29, 0.717) is 0 Å². The van der Waals surface area contributed by atoms with Crippen molar-refractivity contribution < 1.29 is 0 Å². The van der Waals surface area contributed by atoms with Gasteiger partial charge in [-0.3, -0.25) is 4.99 Å². The largest absolute Gasteiger partial charge is 0.361 e. The van der Waals surface area contributed by atoms with Crippen LogP contribution in [0.5, 0.6) is 0 Å². The molecule has 3 heteroatoms. The summed E-state index contributed by atoms with van der Waals surface area (Å²) in [5, 5.41) is 3.64. The number of fused-ring (bicyclic) bond motifs is 1. The maximum atomic E-state index is 4.22. The second-order valence-corrected chi connectivity index (χ2v) is 5.64. The Morgan fingerprint density at radius 2 is 2.00 bits per heavy atom. The van der Waals surface area contributed by atoms with Crippen molar-refractivity contribution in [1.29, 1.82) is 0 Å². The number of nitrogens with one attached hydrogen (secondary N) is 1. The van der Waals surface area contributed by atoms with Crippen LogP contribution in [0.15, 0.2) is 58.8 Å². The van der Waals surface area contributed by atoms with Crippen LogP contribution in [0, 0.1) is 6.92 Å². The van der Waals surface area contributed by atoms with Gasteiger partial charge in [-0.15, -0.1) is 0 Å². The van der Waals surface area contributed by atoms with Crippen LogP contribution in [-0.4, -0.2) is 30.9 Å². The summed E-state index contributed by atoms with van der Waals surface area (Å²) >= 11 is 0. The molecule has 2 aliphatic heterocycles. The lowest BCUT2D eigenvalue weighted by Crippen LogP contribution is -2.47. The number of aryl methyl sites for hydroxylation is 1. The van der Waals surface area contributed by atoms with Crippen LogP contribution in [0.1, 0.15) is 18.1 Å². The average Bonchev–Trinajstić information content (AvgIpc) is 2.48. The van der Waals surface area contributed by atoms with Gasteiger partial charge in [0.15, 0.2) is 0 Å². The van der Waals surface area contributed by atoms with Crippen molar-refractivity contribution in [3.05, 3.63) is 64.9 Å². The zero-order valence-electron chi connectivity index (χ0n) is 12.8. The molecule has 1 aromatic rings. The SMILES string of the molecule is C/N=C/C1=C(c2ccc(C)cc2)NC2C=C(C)C=CN2C1. The molecule has 0 radical (unpaired) electrons. The van der Waals surface area contributed by atoms with E-state index in [9.17, 15) is 0 Å². The lowest BCUT2D eigenvalue weighted by molar-refractivity contribution is 0.307. The van der Waals surface area contributed by atoms with E-state index in [-0.39, 0.29) is 6.17 Å². The van der Waals surface area contributed by atoms with Crippen molar-refractivity contribution in [2.75, 3.05) is 13.6 Å². The zero-order chi connectivity index (χ0) is 14.8. The van der Waals surface area contributed by atoms with Crippen LogP contribution in [0.4, 0.5) is 0 Å². The van der Waals surface area contributed by atoms with Gasteiger partial charge < -0.3 is 10.2 Å². The van der Waals surface area contributed by atoms with Crippen LogP contribution >= 0.6 is 0 Å². The molecule has 1 N–H and O–H groups in total. The van der Waals surface area contributed by atoms with E-state index in [1.807, 2.05) is 13.3 Å². The summed E-state index contributed by atoms with van der Waals surface area (Å²) in [5.41, 5.74) is 6.19. The predicted molar refractivity (Wildman–Crippen MR) is 89.0 cm³/mol. The minimum Gasteiger partial charge on any atom is -0.361 e. The highest BCUT2D eigenvalue weighted by Crippen LogP contribution is 2.25. The van der Waals surface area contributed by atoms with Gasteiger partial charge >= 0.3 is 0 Å². The van der Waals surface area contributed by atoms with Crippen LogP contribution in [-0.2, 0) is 0 Å². The summed E-state index contributed by atoms with van der Waals surface area (Å²) < 4.78 is 0. The van der Waals surface area contributed by atoms with Crippen molar-refractivity contribution in [2.24, 2.45) is 4.99 Å². The Kier molecular flexibility index (Phi) is 3.65. The van der Waals surface area contributed by atoms with E-state index in [1.54, 1.807) is 0 Å². The van der Waals surface area contributed by atoms with E-state index >= 15 is 0 Å². The van der Waals surface area contributed by atoms with Crippen molar-refractivity contribution in [3.8, 4) is 0 Å². The third-order valence-corrected chi connectivity index (χ3v) is 3.90. The normalized spacial score (nSPS) is 21.4. The fraction of sp³-hybridized carbons (Fsp3) is 0.278. The first-order chi connectivity index (χ1) is 10.2. The number of hydrogen-bond acceptors (Lipinski definition) is 3. The highest BCUT2D eigenvalue weighted by atomic mass is 15.3. The fourth-order valence-corrected chi connectivity index (χ4v) is 2.75. The zero-order valence-corrected chi connectivity index (χ0v) is 12.8. The monoisotopic (exact) mass is 279 g/mol. The van der Waals surface area contributed by atoms with E-state index in [1.165, 1.54) is 28.0 Å². The smallest absolute Gasteiger partial charge is 0.119 e. The summed E-state index contributed by atoms with van der Waals surface area (Å²) in [6.45, 7) is 5.12. The van der Waals surface area contributed by atoms with E-state index in [0.717, 1.165) is 6.54 Å². The second kappa shape index (κ2) is 5.60. The van der Waals surface area contributed by atoms with Gasteiger partial charge in [-0.1, -0.05) is 29.8 Å². The maximum Gasteiger partial charge on any atom is 0.119 e. The number of benzene rings is 1. The number of allylic oxidation sites excluding steroid dienone is 2. The summed E-state index contributed by atoms with van der Waals surface area (Å²) in [6.07, 6.45) is 8.74. The Bertz CT molecular complexity index is 648. The highest BCUT2D eigenvalue weighted by molar-refractivity contribution is 5.91. The first kappa shape index (κ1) is 13.7. The summed E-state index contributed by atoms with van der Waals surface area (Å²) in [5.74, 6) is 0. The fourth-order valence-electron chi connectivity index (χ4n) is 2.75. The molecule has 2 heterocycles. The van der Waals surface area contributed by atoms with E-state index in [4.69, 9.17) is 0 Å². The molecule has 108 valence electrons. The second-order valence-electron chi connectivity index (χ2n) is 5.64. The molecule has 0 fully saturated rings. The molecule has 1 aromatic carbocycles. The van der Waals surface area contributed by atoms with Gasteiger partial charge in [0.1, 0.15) is 6.17 Å². The van der Waals surface area contributed by atoms with E-state index in [2.05, 4.69) is 71.7 Å². The molecule has 3 nitrogen and oxygen atoms in total. The van der Waals surface area contributed by atoms with Gasteiger partial charge in [0.2, 0.25) is 0 Å². The first-order valence-corrected chi connectivity index (χ1v) is 7.28. The molecule has 0 aromatic heterocycles. The van der Waals surface area contributed by atoms with Gasteiger partial charge in [0.25, 0.3) is 0 Å². The molecule has 0 amide bonds. The van der Waals surface area contributed by atoms with Gasteiger partial charge in [-0.25, -0.2) is 0 Å². The standard InChI is InChI=1S/C18H21N3/c1-13-4-6-15(7-5-13)18-16(11-19-3)12-21-9-8-14(2)10-17(21)20-18/h4-11,17,20H,12H2,1-3H3/b19-11+. The molecule has 1 atom stereocenters. The lowest BCUT2D eigenvalue weighted by atomic mass is 10.0. The Labute approximate surface area is 126 Å². The molecule has 0 aliphatic carbocycles. The van der Waals surface area contributed by atoms with Crippen LogP contribution < -0.4 is 5.32 Å². The minimum absolute atomic E-state index is 0.223. The highest BCUT2D eigenvalue weighted by Gasteiger charge is 2.25. The Balaban J connectivity index is 2.01. The average molecular weight is 279 g/mol. The Morgan fingerprint density at radius 3 is 2.71 bits per heavy atom. The van der Waals surface area contributed by atoms with Crippen molar-refractivity contribution in [2.45, 2.75) is 20.0 Å². The maximum absolute atomic E-state index is 4.22. The van der Waals surface area contributed by atoms with Crippen molar-refractivity contribution in [1.82, 2.24) is 10.2 Å². The lowest BCUT2D eigenvalue weighted by Gasteiger charge is -2.38. The third kappa shape index (κ3) is 2.77. The molecule has 0 saturated heterocycles. The Hall–Kier alpha value is -2.29. The molecule has 0 saturated carbocycles. The molecule has 21 heavy (non-hydrogen) atoms. The van der Waals surface area contributed by atoms with Crippen LogP contribution in [0.3, 0.4) is 0 Å². The molecule has 1 unspecified atom stereocenters.